The maximum absolute atomic E-state index is 13.7. The molecule has 0 spiro atoms. The highest BCUT2D eigenvalue weighted by Crippen LogP contribution is 2.24. The SMILES string of the molecule is C[C@@H]1CCCC[C@H]1NC(=S)Nc1ccc(Br)cc1F. The second kappa shape index (κ2) is 6.66. The molecule has 104 valence electrons. The maximum Gasteiger partial charge on any atom is 0.171 e. The van der Waals surface area contributed by atoms with Crippen molar-refractivity contribution in [2.45, 2.75) is 38.6 Å². The first-order valence-corrected chi connectivity index (χ1v) is 7.79. The quantitative estimate of drug-likeness (QED) is 0.775. The van der Waals surface area contributed by atoms with Crippen LogP contribution in [0.3, 0.4) is 0 Å². The van der Waals surface area contributed by atoms with Gasteiger partial charge in [-0.3, -0.25) is 0 Å². The third-order valence-corrected chi connectivity index (χ3v) is 4.32. The molecule has 2 atom stereocenters. The van der Waals surface area contributed by atoms with Crippen LogP contribution >= 0.6 is 28.1 Å². The van der Waals surface area contributed by atoms with Gasteiger partial charge in [-0.15, -0.1) is 0 Å². The van der Waals surface area contributed by atoms with Crippen molar-refractivity contribution in [2.75, 3.05) is 5.32 Å². The second-order valence-electron chi connectivity index (χ2n) is 5.09. The summed E-state index contributed by atoms with van der Waals surface area (Å²) < 4.78 is 14.4. The van der Waals surface area contributed by atoms with Gasteiger partial charge in [-0.2, -0.15) is 0 Å². The molecule has 0 aliphatic heterocycles. The van der Waals surface area contributed by atoms with Crippen molar-refractivity contribution < 1.29 is 4.39 Å². The Morgan fingerprint density at radius 2 is 2.11 bits per heavy atom. The molecule has 5 heteroatoms. The normalized spacial score (nSPS) is 22.9. The lowest BCUT2D eigenvalue weighted by molar-refractivity contribution is 0.309. The Morgan fingerprint density at radius 3 is 2.79 bits per heavy atom. The zero-order chi connectivity index (χ0) is 13.8. The molecule has 1 fully saturated rings. The number of hydrogen-bond acceptors (Lipinski definition) is 1. The summed E-state index contributed by atoms with van der Waals surface area (Å²) in [6.45, 7) is 2.24. The number of anilines is 1. The first kappa shape index (κ1) is 14.7. The lowest BCUT2D eigenvalue weighted by atomic mass is 9.86. The molecule has 1 saturated carbocycles. The predicted octanol–water partition coefficient (Wildman–Crippen LogP) is 4.45. The molecule has 0 amide bonds. The number of rotatable bonds is 2. The fraction of sp³-hybridized carbons (Fsp3) is 0.500. The number of thiocarbonyl (C=S) groups is 1. The van der Waals surface area contributed by atoms with Gasteiger partial charge in [-0.25, -0.2) is 4.39 Å². The van der Waals surface area contributed by atoms with Gasteiger partial charge >= 0.3 is 0 Å². The molecular weight excluding hydrogens is 327 g/mol. The minimum absolute atomic E-state index is 0.310. The van der Waals surface area contributed by atoms with E-state index in [9.17, 15) is 4.39 Å². The van der Waals surface area contributed by atoms with E-state index in [1.54, 1.807) is 12.1 Å². The van der Waals surface area contributed by atoms with Crippen molar-refractivity contribution in [3.05, 3.63) is 28.5 Å². The van der Waals surface area contributed by atoms with Crippen molar-refractivity contribution >= 4 is 38.9 Å². The summed E-state index contributed by atoms with van der Waals surface area (Å²) >= 11 is 8.50. The zero-order valence-electron chi connectivity index (χ0n) is 10.9. The summed E-state index contributed by atoms with van der Waals surface area (Å²) in [5.41, 5.74) is 0.407. The standard InChI is InChI=1S/C14H18BrFN2S/c1-9-4-2-3-5-12(9)17-14(19)18-13-7-6-10(15)8-11(13)16/h6-9,12H,2-5H2,1H3,(H2,17,18,19)/t9-,12-/m1/s1. The van der Waals surface area contributed by atoms with Crippen LogP contribution in [0.4, 0.5) is 10.1 Å². The molecule has 2 N–H and O–H groups in total. The summed E-state index contributed by atoms with van der Waals surface area (Å²) in [4.78, 5) is 0. The monoisotopic (exact) mass is 344 g/mol. The van der Waals surface area contributed by atoms with Crippen LogP contribution in [-0.2, 0) is 0 Å². The molecule has 0 unspecified atom stereocenters. The van der Waals surface area contributed by atoms with E-state index in [1.807, 2.05) is 0 Å². The third-order valence-electron chi connectivity index (χ3n) is 3.61. The maximum atomic E-state index is 13.7. The minimum atomic E-state index is -0.310. The Labute approximate surface area is 127 Å². The molecule has 0 saturated heterocycles. The number of benzene rings is 1. The van der Waals surface area contributed by atoms with Gasteiger partial charge in [0.05, 0.1) is 5.69 Å². The number of hydrogen-bond donors (Lipinski definition) is 2. The molecule has 0 heterocycles. The van der Waals surface area contributed by atoms with Crippen LogP contribution in [-0.4, -0.2) is 11.2 Å². The average Bonchev–Trinajstić information content (AvgIpc) is 2.36. The Kier molecular flexibility index (Phi) is 5.16. The number of halogens is 2. The van der Waals surface area contributed by atoms with Gasteiger partial charge in [0.25, 0.3) is 0 Å². The van der Waals surface area contributed by atoms with E-state index < -0.39 is 0 Å². The zero-order valence-corrected chi connectivity index (χ0v) is 13.3. The van der Waals surface area contributed by atoms with Gasteiger partial charge in [-0.05, 0) is 49.2 Å². The summed E-state index contributed by atoms with van der Waals surface area (Å²) in [5.74, 6) is 0.304. The molecule has 1 aliphatic rings. The number of nitrogens with one attached hydrogen (secondary N) is 2. The highest BCUT2D eigenvalue weighted by Gasteiger charge is 2.21. The van der Waals surface area contributed by atoms with Crippen molar-refractivity contribution in [2.24, 2.45) is 5.92 Å². The smallest absolute Gasteiger partial charge is 0.171 e. The van der Waals surface area contributed by atoms with Crippen LogP contribution in [0, 0.1) is 11.7 Å². The van der Waals surface area contributed by atoms with Gasteiger partial charge < -0.3 is 10.6 Å². The summed E-state index contributed by atoms with van der Waals surface area (Å²) in [6.07, 6.45) is 4.89. The largest absolute Gasteiger partial charge is 0.359 e. The van der Waals surface area contributed by atoms with Crippen LogP contribution in [0.5, 0.6) is 0 Å². The second-order valence-corrected chi connectivity index (χ2v) is 6.41. The third kappa shape index (κ3) is 4.14. The molecule has 0 aromatic heterocycles. The van der Waals surface area contributed by atoms with Gasteiger partial charge in [0.1, 0.15) is 5.82 Å². The van der Waals surface area contributed by atoms with Crippen LogP contribution < -0.4 is 10.6 Å². The highest BCUT2D eigenvalue weighted by atomic mass is 79.9. The average molecular weight is 345 g/mol. The van der Waals surface area contributed by atoms with Crippen molar-refractivity contribution in [1.82, 2.24) is 5.32 Å². The van der Waals surface area contributed by atoms with Gasteiger partial charge in [0, 0.05) is 10.5 Å². The Balaban J connectivity index is 1.93. The highest BCUT2D eigenvalue weighted by molar-refractivity contribution is 9.10. The fourth-order valence-electron chi connectivity index (χ4n) is 2.45. The fourth-order valence-corrected chi connectivity index (χ4v) is 3.04. The van der Waals surface area contributed by atoms with E-state index in [2.05, 4.69) is 33.5 Å². The molecular formula is C14H18BrFN2S. The molecule has 0 radical (unpaired) electrons. The topological polar surface area (TPSA) is 24.1 Å². The molecule has 1 aliphatic carbocycles. The lowest BCUT2D eigenvalue weighted by Crippen LogP contribution is -2.43. The van der Waals surface area contributed by atoms with Crippen LogP contribution in [0.1, 0.15) is 32.6 Å². The lowest BCUT2D eigenvalue weighted by Gasteiger charge is -2.30. The van der Waals surface area contributed by atoms with Gasteiger partial charge in [0.2, 0.25) is 0 Å². The molecule has 2 rings (SSSR count). The van der Waals surface area contributed by atoms with E-state index in [0.29, 0.717) is 22.8 Å². The van der Waals surface area contributed by atoms with E-state index in [1.165, 1.54) is 25.3 Å². The van der Waals surface area contributed by atoms with E-state index in [-0.39, 0.29) is 5.82 Å². The summed E-state index contributed by atoms with van der Waals surface area (Å²) in [7, 11) is 0. The predicted molar refractivity (Wildman–Crippen MR) is 84.9 cm³/mol. The minimum Gasteiger partial charge on any atom is -0.359 e. The molecule has 0 bridgehead atoms. The van der Waals surface area contributed by atoms with Gasteiger partial charge in [-0.1, -0.05) is 35.7 Å². The van der Waals surface area contributed by atoms with E-state index in [4.69, 9.17) is 12.2 Å². The molecule has 1 aromatic rings. The van der Waals surface area contributed by atoms with Crippen LogP contribution in [0.2, 0.25) is 0 Å². The first-order valence-electron chi connectivity index (χ1n) is 6.59. The first-order chi connectivity index (χ1) is 9.06. The van der Waals surface area contributed by atoms with Crippen molar-refractivity contribution in [3.63, 3.8) is 0 Å². The summed E-state index contributed by atoms with van der Waals surface area (Å²) in [5, 5.41) is 6.73. The van der Waals surface area contributed by atoms with Crippen LogP contribution in [0.15, 0.2) is 22.7 Å². The Bertz CT molecular complexity index is 467. The van der Waals surface area contributed by atoms with Gasteiger partial charge in [0.15, 0.2) is 5.11 Å². The van der Waals surface area contributed by atoms with E-state index >= 15 is 0 Å². The Morgan fingerprint density at radius 1 is 1.37 bits per heavy atom. The Hall–Kier alpha value is -0.680. The summed E-state index contributed by atoms with van der Waals surface area (Å²) in [6, 6.07) is 5.29. The van der Waals surface area contributed by atoms with Crippen molar-refractivity contribution in [3.8, 4) is 0 Å². The van der Waals surface area contributed by atoms with Crippen molar-refractivity contribution in [1.29, 1.82) is 0 Å². The van der Waals surface area contributed by atoms with Crippen LogP contribution in [0.25, 0.3) is 0 Å². The van der Waals surface area contributed by atoms with E-state index in [0.717, 1.165) is 10.9 Å². The molecule has 1 aromatic carbocycles. The molecule has 2 nitrogen and oxygen atoms in total. The molecule has 19 heavy (non-hydrogen) atoms.